The van der Waals surface area contributed by atoms with Gasteiger partial charge in [0.25, 0.3) is 0 Å². The van der Waals surface area contributed by atoms with E-state index >= 15 is 0 Å². The highest BCUT2D eigenvalue weighted by Crippen LogP contribution is 2.37. The fourth-order valence-corrected chi connectivity index (χ4v) is 4.30. The van der Waals surface area contributed by atoms with Gasteiger partial charge in [-0.05, 0) is 56.1 Å². The number of carbonyl (C=O) groups is 1. The number of benzene rings is 1. The lowest BCUT2D eigenvalue weighted by Crippen LogP contribution is -2.49. The molecule has 4 rings (SSSR count). The van der Waals surface area contributed by atoms with Crippen molar-refractivity contribution in [3.63, 3.8) is 0 Å². The predicted molar refractivity (Wildman–Crippen MR) is 113 cm³/mol. The summed E-state index contributed by atoms with van der Waals surface area (Å²) in [6.45, 7) is 4.33. The molecule has 0 bridgehead atoms. The average Bonchev–Trinajstić information content (AvgIpc) is 3.23. The fraction of sp³-hybridized carbons (Fsp3) is 0.375. The monoisotopic (exact) mass is 423 g/mol. The molecule has 7 heteroatoms. The summed E-state index contributed by atoms with van der Waals surface area (Å²) < 4.78 is 25.1. The number of rotatable bonds is 7. The molecule has 0 N–H and O–H groups in total. The maximum Gasteiger partial charge on any atom is 0.313 e. The third-order valence-electron chi connectivity index (χ3n) is 5.74. The van der Waals surface area contributed by atoms with Crippen LogP contribution in [0, 0.1) is 11.2 Å². The van der Waals surface area contributed by atoms with Crippen LogP contribution in [0.3, 0.4) is 0 Å². The summed E-state index contributed by atoms with van der Waals surface area (Å²) in [5, 5.41) is 4.05. The first-order chi connectivity index (χ1) is 15.1. The van der Waals surface area contributed by atoms with Crippen LogP contribution in [-0.2, 0) is 22.5 Å². The quantitative estimate of drug-likeness (QED) is 0.529. The van der Waals surface area contributed by atoms with Crippen molar-refractivity contribution < 1.29 is 18.4 Å². The van der Waals surface area contributed by atoms with Crippen molar-refractivity contribution in [1.29, 1.82) is 0 Å². The van der Waals surface area contributed by atoms with Crippen molar-refractivity contribution >= 4 is 5.97 Å². The number of carbonyl (C=O) groups excluding carboxylic acids is 1. The third kappa shape index (κ3) is 4.82. The van der Waals surface area contributed by atoms with E-state index in [9.17, 15) is 9.18 Å². The molecule has 0 amide bonds. The zero-order chi connectivity index (χ0) is 21.7. The van der Waals surface area contributed by atoms with Crippen LogP contribution in [0.15, 0.2) is 59.4 Å². The SMILES string of the molecule is CCOC(=O)C1(Cc2cc(-c3ccccc3F)no2)CCCN(Cc2ccncc2)C1. The molecule has 0 radical (unpaired) electrons. The average molecular weight is 423 g/mol. The van der Waals surface area contributed by atoms with Crippen molar-refractivity contribution in [2.45, 2.75) is 32.7 Å². The Bertz CT molecular complexity index is 1020. The molecule has 162 valence electrons. The Morgan fingerprint density at radius 2 is 2.06 bits per heavy atom. The van der Waals surface area contributed by atoms with E-state index in [2.05, 4.69) is 15.0 Å². The van der Waals surface area contributed by atoms with Crippen LogP contribution in [0.5, 0.6) is 0 Å². The first-order valence-electron chi connectivity index (χ1n) is 10.6. The van der Waals surface area contributed by atoms with Gasteiger partial charge in [0.2, 0.25) is 0 Å². The molecule has 1 aliphatic rings. The summed E-state index contributed by atoms with van der Waals surface area (Å²) >= 11 is 0. The van der Waals surface area contributed by atoms with E-state index in [0.29, 0.717) is 43.0 Å². The van der Waals surface area contributed by atoms with Gasteiger partial charge in [-0.1, -0.05) is 17.3 Å². The molecule has 1 unspecified atom stereocenters. The Morgan fingerprint density at radius 1 is 1.26 bits per heavy atom. The minimum Gasteiger partial charge on any atom is -0.466 e. The lowest BCUT2D eigenvalue weighted by atomic mass is 9.76. The normalized spacial score (nSPS) is 19.3. The molecule has 1 aromatic carbocycles. The number of esters is 1. The second kappa shape index (κ2) is 9.39. The molecule has 3 heterocycles. The van der Waals surface area contributed by atoms with Gasteiger partial charge < -0.3 is 9.26 Å². The van der Waals surface area contributed by atoms with Gasteiger partial charge in [-0.3, -0.25) is 14.7 Å². The number of nitrogens with zero attached hydrogens (tertiary/aromatic N) is 3. The van der Waals surface area contributed by atoms with Gasteiger partial charge in [0, 0.05) is 43.5 Å². The highest BCUT2D eigenvalue weighted by molar-refractivity contribution is 5.77. The molecule has 1 aliphatic heterocycles. The summed E-state index contributed by atoms with van der Waals surface area (Å²) in [6.07, 6.45) is 5.49. The van der Waals surface area contributed by atoms with E-state index in [4.69, 9.17) is 9.26 Å². The summed E-state index contributed by atoms with van der Waals surface area (Å²) in [4.78, 5) is 19.4. The maximum atomic E-state index is 14.1. The van der Waals surface area contributed by atoms with Crippen LogP contribution < -0.4 is 0 Å². The molecule has 2 aromatic heterocycles. The topological polar surface area (TPSA) is 68.5 Å². The molecule has 1 atom stereocenters. The molecule has 31 heavy (non-hydrogen) atoms. The molecule has 0 saturated carbocycles. The fourth-order valence-electron chi connectivity index (χ4n) is 4.30. The number of likely N-dealkylation sites (tertiary alicyclic amines) is 1. The van der Waals surface area contributed by atoms with Gasteiger partial charge in [-0.2, -0.15) is 0 Å². The first-order valence-corrected chi connectivity index (χ1v) is 10.6. The number of aromatic nitrogens is 2. The molecule has 0 spiro atoms. The standard InChI is InChI=1S/C24H26FN3O3/c1-2-30-23(29)24(10-5-13-28(17-24)16-18-8-11-26-12-9-18)15-19-14-22(27-31-19)20-6-3-4-7-21(20)25/h3-4,6-9,11-12,14H,2,5,10,13,15-17H2,1H3. The van der Waals surface area contributed by atoms with E-state index < -0.39 is 5.41 Å². The lowest BCUT2D eigenvalue weighted by Gasteiger charge is -2.40. The molecule has 3 aromatic rings. The number of piperidine rings is 1. The number of pyridine rings is 1. The van der Waals surface area contributed by atoms with Crippen LogP contribution in [0.25, 0.3) is 11.3 Å². The minimum absolute atomic E-state index is 0.224. The second-order valence-corrected chi connectivity index (χ2v) is 8.01. The molecule has 6 nitrogen and oxygen atoms in total. The summed E-state index contributed by atoms with van der Waals surface area (Å²) in [7, 11) is 0. The molecular weight excluding hydrogens is 397 g/mol. The highest BCUT2D eigenvalue weighted by Gasteiger charge is 2.44. The largest absolute Gasteiger partial charge is 0.466 e. The van der Waals surface area contributed by atoms with Gasteiger partial charge in [0.05, 0.1) is 12.0 Å². The number of hydrogen-bond donors (Lipinski definition) is 0. The van der Waals surface area contributed by atoms with Crippen molar-refractivity contribution in [3.05, 3.63) is 72.0 Å². The van der Waals surface area contributed by atoms with Crippen LogP contribution in [0.4, 0.5) is 4.39 Å². The second-order valence-electron chi connectivity index (χ2n) is 8.01. The lowest BCUT2D eigenvalue weighted by molar-refractivity contribution is -0.159. The van der Waals surface area contributed by atoms with Crippen molar-refractivity contribution in [2.24, 2.45) is 5.41 Å². The molecule has 1 fully saturated rings. The zero-order valence-corrected chi connectivity index (χ0v) is 17.6. The van der Waals surface area contributed by atoms with Gasteiger partial charge in [0.1, 0.15) is 17.3 Å². The van der Waals surface area contributed by atoms with Crippen molar-refractivity contribution in [1.82, 2.24) is 15.0 Å². The van der Waals surface area contributed by atoms with Gasteiger partial charge >= 0.3 is 5.97 Å². The zero-order valence-electron chi connectivity index (χ0n) is 17.6. The summed E-state index contributed by atoms with van der Waals surface area (Å²) in [5.74, 6) is -0.0287. The Hall–Kier alpha value is -3.06. The van der Waals surface area contributed by atoms with Crippen molar-refractivity contribution in [2.75, 3.05) is 19.7 Å². The van der Waals surface area contributed by atoms with E-state index in [1.165, 1.54) is 6.07 Å². The molecule has 1 saturated heterocycles. The molecule has 0 aliphatic carbocycles. The van der Waals surface area contributed by atoms with Crippen LogP contribution in [0.1, 0.15) is 31.1 Å². The third-order valence-corrected chi connectivity index (χ3v) is 5.74. The van der Waals surface area contributed by atoms with Gasteiger partial charge in [0.15, 0.2) is 0 Å². The Morgan fingerprint density at radius 3 is 2.84 bits per heavy atom. The Labute approximate surface area is 181 Å². The highest BCUT2D eigenvalue weighted by atomic mass is 19.1. The van der Waals surface area contributed by atoms with E-state index in [0.717, 1.165) is 25.1 Å². The van der Waals surface area contributed by atoms with E-state index in [1.807, 2.05) is 19.1 Å². The van der Waals surface area contributed by atoms with Gasteiger partial charge in [-0.25, -0.2) is 4.39 Å². The minimum atomic E-state index is -0.729. The Balaban J connectivity index is 1.56. The van der Waals surface area contributed by atoms with Crippen LogP contribution in [-0.4, -0.2) is 40.7 Å². The Kier molecular flexibility index (Phi) is 6.42. The maximum absolute atomic E-state index is 14.1. The molecular formula is C24H26FN3O3. The number of hydrogen-bond acceptors (Lipinski definition) is 6. The van der Waals surface area contributed by atoms with Crippen LogP contribution >= 0.6 is 0 Å². The number of ether oxygens (including phenoxy) is 1. The summed E-state index contributed by atoms with van der Waals surface area (Å²) in [6, 6.07) is 12.1. The van der Waals surface area contributed by atoms with E-state index in [-0.39, 0.29) is 11.8 Å². The smallest absolute Gasteiger partial charge is 0.313 e. The van der Waals surface area contributed by atoms with Gasteiger partial charge in [-0.15, -0.1) is 0 Å². The summed E-state index contributed by atoms with van der Waals surface area (Å²) in [5.41, 5.74) is 1.23. The van der Waals surface area contributed by atoms with Crippen LogP contribution in [0.2, 0.25) is 0 Å². The van der Waals surface area contributed by atoms with Crippen molar-refractivity contribution in [3.8, 4) is 11.3 Å². The van der Waals surface area contributed by atoms with E-state index in [1.54, 1.807) is 36.7 Å². The first kappa shape index (κ1) is 21.2. The number of halogens is 1. The predicted octanol–water partition coefficient (Wildman–Crippen LogP) is 4.26.